The van der Waals surface area contributed by atoms with Gasteiger partial charge in [-0.05, 0) is 55.8 Å². The molecule has 1 saturated heterocycles. The normalized spacial score (nSPS) is 21.7. The van der Waals surface area contributed by atoms with Gasteiger partial charge in [0.15, 0.2) is 0 Å². The number of carbonyl (C=O) groups excluding carboxylic acids is 1. The number of piperidine rings is 1. The summed E-state index contributed by atoms with van der Waals surface area (Å²) in [5.41, 5.74) is 1.68. The van der Waals surface area contributed by atoms with Crippen LogP contribution in [-0.2, 0) is 10.0 Å². The highest BCUT2D eigenvalue weighted by Gasteiger charge is 2.39. The number of aliphatic hydroxyl groups excluding tert-OH is 1. The highest BCUT2D eigenvalue weighted by Crippen LogP contribution is 2.37. The topological polar surface area (TPSA) is 125 Å². The number of carbonyl (C=O) groups is 1. The Bertz CT molecular complexity index is 1400. The summed E-state index contributed by atoms with van der Waals surface area (Å²) in [6.45, 7) is 2.12. The first kappa shape index (κ1) is 27.2. The van der Waals surface area contributed by atoms with Crippen LogP contribution in [0.3, 0.4) is 0 Å². The van der Waals surface area contributed by atoms with Crippen molar-refractivity contribution < 1.29 is 23.1 Å². The summed E-state index contributed by atoms with van der Waals surface area (Å²) in [6, 6.07) is 14.0. The SMILES string of the molecule is CN1CC(O)CNS(=O)(=O)c2ccc(-c3cccnc3)cc2OCC2(CCN(C(=O)c3ccccn3)CC2)C1. The molecular formula is C28H33N5O5S. The molecule has 0 bridgehead atoms. The van der Waals surface area contributed by atoms with Crippen molar-refractivity contribution in [3.8, 4) is 16.9 Å². The predicted octanol–water partition coefficient (Wildman–Crippen LogP) is 2.03. The van der Waals surface area contributed by atoms with E-state index in [1.165, 1.54) is 6.07 Å². The summed E-state index contributed by atoms with van der Waals surface area (Å²) in [6.07, 6.45) is 5.44. The summed E-state index contributed by atoms with van der Waals surface area (Å²) >= 11 is 0. The van der Waals surface area contributed by atoms with E-state index < -0.39 is 16.1 Å². The lowest BCUT2D eigenvalue weighted by molar-refractivity contribution is 0.0157. The van der Waals surface area contributed by atoms with Crippen molar-refractivity contribution in [1.29, 1.82) is 0 Å². The minimum Gasteiger partial charge on any atom is -0.492 e. The van der Waals surface area contributed by atoms with Gasteiger partial charge < -0.3 is 19.6 Å². The van der Waals surface area contributed by atoms with Crippen LogP contribution in [0.4, 0.5) is 0 Å². The maximum absolute atomic E-state index is 13.2. The Balaban J connectivity index is 1.44. The van der Waals surface area contributed by atoms with E-state index in [0.717, 1.165) is 11.1 Å². The number of β-amino-alcohol motifs (C(OH)–C–C–N with tert-alkyl or cyclic N) is 1. The van der Waals surface area contributed by atoms with E-state index in [1.807, 2.05) is 24.1 Å². The monoisotopic (exact) mass is 551 g/mol. The van der Waals surface area contributed by atoms with Crippen LogP contribution in [0.15, 0.2) is 72.0 Å². The van der Waals surface area contributed by atoms with Gasteiger partial charge >= 0.3 is 0 Å². The molecule has 1 fully saturated rings. The fraction of sp³-hybridized carbons (Fsp3) is 0.393. The zero-order valence-electron chi connectivity index (χ0n) is 21.9. The maximum atomic E-state index is 13.2. The smallest absolute Gasteiger partial charge is 0.272 e. The Morgan fingerprint density at radius 2 is 1.92 bits per heavy atom. The third-order valence-corrected chi connectivity index (χ3v) is 8.86. The minimum atomic E-state index is -3.94. The number of likely N-dealkylation sites (tertiary alicyclic amines) is 1. The number of nitrogens with zero attached hydrogens (tertiary/aromatic N) is 4. The van der Waals surface area contributed by atoms with Gasteiger partial charge in [-0.15, -0.1) is 0 Å². The highest BCUT2D eigenvalue weighted by atomic mass is 32.2. The number of aliphatic hydroxyl groups is 1. The van der Waals surface area contributed by atoms with Gasteiger partial charge in [-0.1, -0.05) is 18.2 Å². The van der Waals surface area contributed by atoms with Crippen molar-refractivity contribution in [3.63, 3.8) is 0 Å². The number of sulfonamides is 1. The molecule has 1 aromatic carbocycles. The fourth-order valence-electron chi connectivity index (χ4n) is 5.32. The molecule has 2 aliphatic heterocycles. The minimum absolute atomic E-state index is 0.0224. The van der Waals surface area contributed by atoms with Crippen LogP contribution < -0.4 is 9.46 Å². The summed E-state index contributed by atoms with van der Waals surface area (Å²) in [5.74, 6) is 0.139. The van der Waals surface area contributed by atoms with Crippen molar-refractivity contribution >= 4 is 15.9 Å². The quantitative estimate of drug-likeness (QED) is 0.496. The molecule has 2 aromatic heterocycles. The lowest BCUT2D eigenvalue weighted by atomic mass is 9.78. The molecular weight excluding hydrogens is 518 g/mol. The number of hydrogen-bond acceptors (Lipinski definition) is 8. The Kier molecular flexibility index (Phi) is 7.94. The first-order valence-corrected chi connectivity index (χ1v) is 14.5. The van der Waals surface area contributed by atoms with Crippen molar-refractivity contribution in [2.75, 3.05) is 46.4 Å². The van der Waals surface area contributed by atoms with Crippen LogP contribution in [0.5, 0.6) is 5.75 Å². The highest BCUT2D eigenvalue weighted by molar-refractivity contribution is 7.89. The average Bonchev–Trinajstić information content (AvgIpc) is 2.95. The molecule has 0 saturated carbocycles. The second-order valence-corrected chi connectivity index (χ2v) is 12.1. The van der Waals surface area contributed by atoms with Crippen LogP contribution in [-0.4, -0.2) is 91.7 Å². The molecule has 11 heteroatoms. The van der Waals surface area contributed by atoms with E-state index in [4.69, 9.17) is 4.74 Å². The number of nitrogens with one attached hydrogen (secondary N) is 1. The summed E-state index contributed by atoms with van der Waals surface area (Å²) in [5, 5.41) is 10.6. The van der Waals surface area contributed by atoms with Crippen molar-refractivity contribution in [2.24, 2.45) is 5.41 Å². The van der Waals surface area contributed by atoms with E-state index >= 15 is 0 Å². The number of pyridine rings is 2. The second-order valence-electron chi connectivity index (χ2n) is 10.4. The second kappa shape index (κ2) is 11.4. The number of aromatic nitrogens is 2. The third kappa shape index (κ3) is 6.27. The van der Waals surface area contributed by atoms with Crippen LogP contribution in [0, 0.1) is 5.41 Å². The van der Waals surface area contributed by atoms with Gasteiger partial charge in [0.1, 0.15) is 16.3 Å². The average molecular weight is 552 g/mol. The molecule has 1 atom stereocenters. The molecule has 5 rings (SSSR count). The molecule has 2 aliphatic rings. The number of benzene rings is 1. The van der Waals surface area contributed by atoms with Gasteiger partial charge in [-0.25, -0.2) is 13.1 Å². The Hall–Kier alpha value is -3.38. The van der Waals surface area contributed by atoms with Crippen LogP contribution >= 0.6 is 0 Å². The van der Waals surface area contributed by atoms with Gasteiger partial charge in [0.25, 0.3) is 5.91 Å². The summed E-state index contributed by atoms with van der Waals surface area (Å²) in [4.78, 5) is 25.2. The number of ether oxygens (including phenoxy) is 1. The van der Waals surface area contributed by atoms with Crippen molar-refractivity contribution in [2.45, 2.75) is 23.8 Å². The first-order chi connectivity index (χ1) is 18.7. The number of hydrogen-bond donors (Lipinski definition) is 2. The molecule has 206 valence electrons. The van der Waals surface area contributed by atoms with Gasteiger partial charge in [0.05, 0.1) is 12.7 Å². The Labute approximate surface area is 228 Å². The van der Waals surface area contributed by atoms with E-state index in [2.05, 4.69) is 14.7 Å². The fourth-order valence-corrected chi connectivity index (χ4v) is 6.51. The molecule has 1 unspecified atom stereocenters. The lowest BCUT2D eigenvalue weighted by Crippen LogP contribution is -2.51. The standard InChI is InChI=1S/C28H33N5O5S/c1-32-18-23(34)17-31-39(36,37)26-8-7-21(22-5-4-11-29-16-22)15-25(26)38-20-28(19-32)9-13-33(14-10-28)27(35)24-6-2-3-12-30-24/h2-8,11-12,15-16,23,31,34H,9-10,13-14,17-20H2,1H3. The van der Waals surface area contributed by atoms with Gasteiger partial charge in [-0.2, -0.15) is 0 Å². The van der Waals surface area contributed by atoms with E-state index in [1.54, 1.807) is 53.8 Å². The lowest BCUT2D eigenvalue weighted by Gasteiger charge is -2.44. The number of amides is 1. The first-order valence-electron chi connectivity index (χ1n) is 13.0. The van der Waals surface area contributed by atoms with Crippen molar-refractivity contribution in [3.05, 3.63) is 72.8 Å². The largest absolute Gasteiger partial charge is 0.492 e. The molecule has 3 aromatic rings. The third-order valence-electron chi connectivity index (χ3n) is 7.39. The molecule has 2 N–H and O–H groups in total. The Morgan fingerprint density at radius 1 is 1.10 bits per heavy atom. The van der Waals surface area contributed by atoms with Gasteiger partial charge in [0, 0.05) is 62.3 Å². The zero-order chi connectivity index (χ0) is 27.5. The number of rotatable bonds is 2. The zero-order valence-corrected chi connectivity index (χ0v) is 22.7. The van der Waals surface area contributed by atoms with Crippen LogP contribution in [0.2, 0.25) is 0 Å². The van der Waals surface area contributed by atoms with Gasteiger partial charge in [-0.3, -0.25) is 14.8 Å². The molecule has 4 heterocycles. The molecule has 0 radical (unpaired) electrons. The number of likely N-dealkylation sites (N-methyl/N-ethyl adjacent to an activating group) is 1. The maximum Gasteiger partial charge on any atom is 0.272 e. The molecule has 39 heavy (non-hydrogen) atoms. The van der Waals surface area contributed by atoms with Crippen LogP contribution in [0.25, 0.3) is 11.1 Å². The van der Waals surface area contributed by atoms with Crippen LogP contribution in [0.1, 0.15) is 23.3 Å². The van der Waals surface area contributed by atoms with Gasteiger partial charge in [0.2, 0.25) is 10.0 Å². The predicted molar refractivity (Wildman–Crippen MR) is 146 cm³/mol. The molecule has 1 spiro atoms. The van der Waals surface area contributed by atoms with Crippen molar-refractivity contribution in [1.82, 2.24) is 24.5 Å². The van der Waals surface area contributed by atoms with E-state index in [9.17, 15) is 18.3 Å². The van der Waals surface area contributed by atoms with E-state index in [-0.39, 0.29) is 35.1 Å². The number of fused-ring (bicyclic) bond motifs is 1. The molecule has 0 aliphatic carbocycles. The molecule has 1 amide bonds. The summed E-state index contributed by atoms with van der Waals surface area (Å²) in [7, 11) is -2.03. The Morgan fingerprint density at radius 3 is 2.64 bits per heavy atom. The summed E-state index contributed by atoms with van der Waals surface area (Å²) < 4.78 is 35.3. The van der Waals surface area contributed by atoms with E-state index in [0.29, 0.717) is 44.7 Å². The molecule has 10 nitrogen and oxygen atoms in total.